The summed E-state index contributed by atoms with van der Waals surface area (Å²) in [5, 5.41) is 10.6. The number of pyridine rings is 1. The summed E-state index contributed by atoms with van der Waals surface area (Å²) in [6.07, 6.45) is 6.92. The number of nitrogens with one attached hydrogen (secondary N) is 1. The summed E-state index contributed by atoms with van der Waals surface area (Å²) in [7, 11) is 0. The molecule has 0 radical (unpaired) electrons. The number of anilines is 1. The fourth-order valence-electron chi connectivity index (χ4n) is 3.71. The molecule has 0 saturated heterocycles. The monoisotopic (exact) mass is 361 g/mol. The van der Waals surface area contributed by atoms with Crippen molar-refractivity contribution in [3.8, 4) is 10.4 Å². The van der Waals surface area contributed by atoms with Gasteiger partial charge in [-0.25, -0.2) is 4.98 Å². The first-order chi connectivity index (χ1) is 12.8. The van der Waals surface area contributed by atoms with Crippen LogP contribution in [-0.2, 0) is 19.4 Å². The molecule has 0 spiro atoms. The average molecular weight is 361 g/mol. The zero-order valence-electron chi connectivity index (χ0n) is 14.6. The van der Waals surface area contributed by atoms with Gasteiger partial charge >= 0.3 is 0 Å². The van der Waals surface area contributed by atoms with Crippen molar-refractivity contribution in [2.75, 3.05) is 5.32 Å². The fourth-order valence-corrected chi connectivity index (χ4v) is 4.53. The number of hydrogen-bond acceptors (Lipinski definition) is 5. The third kappa shape index (κ3) is 2.49. The zero-order chi connectivity index (χ0) is 17.5. The van der Waals surface area contributed by atoms with Crippen molar-refractivity contribution in [2.24, 2.45) is 0 Å². The van der Waals surface area contributed by atoms with Crippen LogP contribution in [0.4, 0.5) is 5.82 Å². The summed E-state index contributed by atoms with van der Waals surface area (Å²) in [4.78, 5) is 10.3. The molecule has 0 fully saturated rings. The van der Waals surface area contributed by atoms with E-state index in [-0.39, 0.29) is 0 Å². The van der Waals surface area contributed by atoms with Gasteiger partial charge < -0.3 is 5.32 Å². The lowest BCUT2D eigenvalue weighted by molar-refractivity contribution is 0.886. The van der Waals surface area contributed by atoms with E-state index in [9.17, 15) is 0 Å². The molecule has 130 valence electrons. The highest BCUT2D eigenvalue weighted by atomic mass is 32.1. The third-order valence-electron chi connectivity index (χ3n) is 4.94. The Morgan fingerprint density at radius 1 is 1.19 bits per heavy atom. The second-order valence-electron chi connectivity index (χ2n) is 6.62. The molecule has 1 aliphatic rings. The van der Waals surface area contributed by atoms with Crippen LogP contribution in [0.5, 0.6) is 0 Å². The molecule has 0 bridgehead atoms. The smallest absolute Gasteiger partial charge is 0.166 e. The molecule has 0 aromatic carbocycles. The number of rotatable bonds is 4. The summed E-state index contributed by atoms with van der Waals surface area (Å²) in [5.41, 5.74) is 6.87. The van der Waals surface area contributed by atoms with E-state index in [0.29, 0.717) is 0 Å². The molecule has 4 heterocycles. The number of hydrogen-bond donors (Lipinski definition) is 1. The van der Waals surface area contributed by atoms with Gasteiger partial charge in [-0.05, 0) is 55.3 Å². The minimum absolute atomic E-state index is 0.751. The molecule has 0 aliphatic heterocycles. The first-order valence-corrected chi connectivity index (χ1v) is 9.77. The van der Waals surface area contributed by atoms with Crippen molar-refractivity contribution in [3.05, 3.63) is 64.6 Å². The Bertz CT molecular complexity index is 1070. The zero-order valence-corrected chi connectivity index (χ0v) is 15.4. The van der Waals surface area contributed by atoms with E-state index in [1.165, 1.54) is 21.7 Å². The van der Waals surface area contributed by atoms with E-state index in [2.05, 4.69) is 34.7 Å². The van der Waals surface area contributed by atoms with E-state index >= 15 is 0 Å². The van der Waals surface area contributed by atoms with Crippen molar-refractivity contribution in [3.63, 3.8) is 0 Å². The van der Waals surface area contributed by atoms with Crippen molar-refractivity contribution in [1.29, 1.82) is 0 Å². The molecule has 4 aromatic heterocycles. The van der Waals surface area contributed by atoms with Crippen LogP contribution < -0.4 is 5.32 Å². The van der Waals surface area contributed by atoms with Crippen LogP contribution in [0.1, 0.15) is 28.9 Å². The Balaban J connectivity index is 1.66. The van der Waals surface area contributed by atoms with E-state index < -0.39 is 0 Å². The summed E-state index contributed by atoms with van der Waals surface area (Å²) >= 11 is 1.74. The number of thiophene rings is 1. The normalized spacial score (nSPS) is 13.3. The van der Waals surface area contributed by atoms with Crippen LogP contribution in [0.25, 0.3) is 16.1 Å². The van der Waals surface area contributed by atoms with Gasteiger partial charge in [0.2, 0.25) is 0 Å². The number of fused-ring (bicyclic) bond motifs is 2. The second kappa shape index (κ2) is 6.21. The molecule has 4 aromatic rings. The van der Waals surface area contributed by atoms with Gasteiger partial charge in [-0.1, -0.05) is 6.07 Å². The minimum atomic E-state index is 0.751. The molecular formula is C20H19N5S. The maximum atomic E-state index is 5.01. The predicted molar refractivity (Wildman–Crippen MR) is 105 cm³/mol. The standard InChI is InChI=1S/C20H19N5S/c1-13-18(17-6-3-11-26-17)20-23-16-5-2-4-15(16)19(25(20)24-13)22-12-14-7-9-21-10-8-14/h3,6-11,22H,2,4-5,12H2,1H3. The van der Waals surface area contributed by atoms with Crippen LogP contribution in [0.15, 0.2) is 42.0 Å². The second-order valence-corrected chi connectivity index (χ2v) is 7.57. The highest BCUT2D eigenvalue weighted by Crippen LogP contribution is 2.36. The van der Waals surface area contributed by atoms with Gasteiger partial charge in [-0.2, -0.15) is 9.61 Å². The van der Waals surface area contributed by atoms with Crippen LogP contribution in [-0.4, -0.2) is 19.6 Å². The fraction of sp³-hybridized carbons (Fsp3) is 0.250. The van der Waals surface area contributed by atoms with Crippen molar-refractivity contribution in [1.82, 2.24) is 19.6 Å². The highest BCUT2D eigenvalue weighted by Gasteiger charge is 2.24. The number of nitrogens with zero attached hydrogens (tertiary/aromatic N) is 4. The van der Waals surface area contributed by atoms with E-state index in [1.807, 2.05) is 29.0 Å². The molecule has 26 heavy (non-hydrogen) atoms. The van der Waals surface area contributed by atoms with Gasteiger partial charge in [0, 0.05) is 35.1 Å². The largest absolute Gasteiger partial charge is 0.366 e. The summed E-state index contributed by atoms with van der Waals surface area (Å²) in [6.45, 7) is 2.82. The average Bonchev–Trinajstić information content (AvgIpc) is 3.38. The maximum absolute atomic E-state index is 5.01. The number of aryl methyl sites for hydroxylation is 2. The minimum Gasteiger partial charge on any atom is -0.366 e. The van der Waals surface area contributed by atoms with Gasteiger partial charge in [0.25, 0.3) is 0 Å². The molecule has 0 saturated carbocycles. The van der Waals surface area contributed by atoms with E-state index in [0.717, 1.165) is 48.5 Å². The first-order valence-electron chi connectivity index (χ1n) is 8.89. The SMILES string of the molecule is Cc1nn2c(NCc3ccncc3)c3c(nc2c1-c1cccs1)CCC3. The molecule has 6 heteroatoms. The quantitative estimate of drug-likeness (QED) is 0.590. The Morgan fingerprint density at radius 3 is 2.88 bits per heavy atom. The van der Waals surface area contributed by atoms with Crippen molar-refractivity contribution >= 4 is 22.8 Å². The molecule has 1 aliphatic carbocycles. The van der Waals surface area contributed by atoms with Crippen LogP contribution in [0.3, 0.4) is 0 Å². The van der Waals surface area contributed by atoms with Gasteiger partial charge in [0.05, 0.1) is 11.3 Å². The lowest BCUT2D eigenvalue weighted by atomic mass is 10.2. The first kappa shape index (κ1) is 15.5. The predicted octanol–water partition coefficient (Wildman–Crippen LogP) is 4.26. The Kier molecular flexibility index (Phi) is 3.71. The Hall–Kier alpha value is -2.73. The highest BCUT2D eigenvalue weighted by molar-refractivity contribution is 7.13. The lowest BCUT2D eigenvalue weighted by Crippen LogP contribution is -2.10. The molecule has 5 rings (SSSR count). The summed E-state index contributed by atoms with van der Waals surface area (Å²) in [6, 6.07) is 8.31. The van der Waals surface area contributed by atoms with E-state index in [1.54, 1.807) is 11.3 Å². The maximum Gasteiger partial charge on any atom is 0.166 e. The molecule has 5 nitrogen and oxygen atoms in total. The van der Waals surface area contributed by atoms with Gasteiger partial charge in [0.15, 0.2) is 5.65 Å². The van der Waals surface area contributed by atoms with Gasteiger partial charge in [-0.15, -0.1) is 11.3 Å². The molecular weight excluding hydrogens is 342 g/mol. The van der Waals surface area contributed by atoms with Crippen molar-refractivity contribution in [2.45, 2.75) is 32.7 Å². The Morgan fingerprint density at radius 2 is 2.08 bits per heavy atom. The lowest BCUT2D eigenvalue weighted by Gasteiger charge is -2.13. The number of aromatic nitrogens is 4. The van der Waals surface area contributed by atoms with Crippen LogP contribution in [0, 0.1) is 6.92 Å². The summed E-state index contributed by atoms with van der Waals surface area (Å²) in [5.74, 6) is 1.09. The molecule has 0 atom stereocenters. The van der Waals surface area contributed by atoms with Crippen molar-refractivity contribution < 1.29 is 0 Å². The third-order valence-corrected chi connectivity index (χ3v) is 5.83. The van der Waals surface area contributed by atoms with Gasteiger partial charge in [-0.3, -0.25) is 4.98 Å². The Labute approximate surface area is 155 Å². The molecule has 0 amide bonds. The van der Waals surface area contributed by atoms with Gasteiger partial charge in [0.1, 0.15) is 5.82 Å². The summed E-state index contributed by atoms with van der Waals surface area (Å²) < 4.78 is 2.01. The topological polar surface area (TPSA) is 55.1 Å². The van der Waals surface area contributed by atoms with Crippen LogP contribution >= 0.6 is 11.3 Å². The molecule has 1 N–H and O–H groups in total. The van der Waals surface area contributed by atoms with E-state index in [4.69, 9.17) is 10.1 Å². The van der Waals surface area contributed by atoms with Crippen LogP contribution in [0.2, 0.25) is 0 Å². The molecule has 0 unspecified atom stereocenters.